The predicted octanol–water partition coefficient (Wildman–Crippen LogP) is 4.31. The van der Waals surface area contributed by atoms with Crippen LogP contribution in [0.15, 0.2) is 12.1 Å². The quantitative estimate of drug-likeness (QED) is 0.868. The van der Waals surface area contributed by atoms with Crippen molar-refractivity contribution >= 4 is 40.8 Å². The van der Waals surface area contributed by atoms with Crippen LogP contribution in [0.25, 0.3) is 0 Å². The van der Waals surface area contributed by atoms with Crippen molar-refractivity contribution in [1.29, 1.82) is 0 Å². The zero-order valence-electron chi connectivity index (χ0n) is 12.3. The summed E-state index contributed by atoms with van der Waals surface area (Å²) in [6, 6.07) is 2.54. The van der Waals surface area contributed by atoms with E-state index in [1.54, 1.807) is 0 Å². The maximum atomic E-state index is 12.4. The van der Waals surface area contributed by atoms with E-state index in [-0.39, 0.29) is 44.0 Å². The summed E-state index contributed by atoms with van der Waals surface area (Å²) in [6.07, 6.45) is 0. The number of anilines is 1. The molecule has 1 aromatic carbocycles. The molecular formula is C15H17Cl2NO3. The number of halogens is 2. The second-order valence-corrected chi connectivity index (χ2v) is 7.30. The van der Waals surface area contributed by atoms with Crippen LogP contribution < -0.4 is 5.32 Å². The highest BCUT2D eigenvalue weighted by molar-refractivity contribution is 6.40. The van der Waals surface area contributed by atoms with Crippen LogP contribution >= 0.6 is 23.2 Å². The minimum atomic E-state index is -1.12. The van der Waals surface area contributed by atoms with Crippen LogP contribution in [0.4, 0.5) is 5.69 Å². The zero-order chi connectivity index (χ0) is 16.2. The first kappa shape index (κ1) is 16.1. The lowest BCUT2D eigenvalue weighted by molar-refractivity contribution is -0.118. The summed E-state index contributed by atoms with van der Waals surface area (Å²) in [5.74, 6) is -1.42. The fraction of sp³-hybridized carbons (Fsp3) is 0.467. The molecule has 1 aliphatic carbocycles. The van der Waals surface area contributed by atoms with E-state index in [0.29, 0.717) is 0 Å². The van der Waals surface area contributed by atoms with Crippen LogP contribution in [-0.4, -0.2) is 17.0 Å². The summed E-state index contributed by atoms with van der Waals surface area (Å²) >= 11 is 12.1. The molecule has 1 fully saturated rings. The number of carbonyl (C=O) groups excluding carboxylic acids is 1. The van der Waals surface area contributed by atoms with E-state index in [1.807, 2.05) is 27.7 Å². The standard InChI is InChI=1S/C15H17Cl2NO3/c1-14(2)11(15(14,3)4)12(19)18-10-8(16)5-7(13(20)21)6-9(10)17/h5-6,11H,1-4H3,(H,18,19)(H,20,21). The van der Waals surface area contributed by atoms with Gasteiger partial charge in [0.2, 0.25) is 5.91 Å². The predicted molar refractivity (Wildman–Crippen MR) is 83.1 cm³/mol. The van der Waals surface area contributed by atoms with Crippen LogP contribution in [0.3, 0.4) is 0 Å². The van der Waals surface area contributed by atoms with Gasteiger partial charge in [0.05, 0.1) is 21.3 Å². The molecule has 0 unspecified atom stereocenters. The first-order chi connectivity index (χ1) is 9.50. The minimum Gasteiger partial charge on any atom is -0.478 e. The van der Waals surface area contributed by atoms with Crippen molar-refractivity contribution in [3.05, 3.63) is 27.7 Å². The van der Waals surface area contributed by atoms with Gasteiger partial charge in [-0.25, -0.2) is 4.79 Å². The first-order valence-corrected chi connectivity index (χ1v) is 7.29. The van der Waals surface area contributed by atoms with E-state index in [9.17, 15) is 9.59 Å². The van der Waals surface area contributed by atoms with Gasteiger partial charge in [-0.1, -0.05) is 50.9 Å². The molecule has 0 radical (unpaired) electrons. The molecule has 0 saturated heterocycles. The number of carboxylic acids is 1. The van der Waals surface area contributed by atoms with E-state index in [1.165, 1.54) is 12.1 Å². The van der Waals surface area contributed by atoms with E-state index in [0.717, 1.165) is 0 Å². The van der Waals surface area contributed by atoms with Crippen LogP contribution in [0.5, 0.6) is 0 Å². The maximum absolute atomic E-state index is 12.4. The van der Waals surface area contributed by atoms with E-state index in [2.05, 4.69) is 5.32 Å². The van der Waals surface area contributed by atoms with Crippen LogP contribution in [0.2, 0.25) is 10.0 Å². The Bertz CT molecular complexity index is 601. The molecule has 1 saturated carbocycles. The van der Waals surface area contributed by atoms with Crippen molar-refractivity contribution in [1.82, 2.24) is 0 Å². The third-order valence-electron chi connectivity index (χ3n) is 4.82. The fourth-order valence-electron chi connectivity index (χ4n) is 2.86. The number of nitrogens with one attached hydrogen (secondary N) is 1. The molecule has 114 valence electrons. The molecule has 0 aromatic heterocycles. The van der Waals surface area contributed by atoms with Crippen LogP contribution in [0, 0.1) is 16.7 Å². The second-order valence-electron chi connectivity index (χ2n) is 6.49. The van der Waals surface area contributed by atoms with Crippen LogP contribution in [-0.2, 0) is 4.79 Å². The summed E-state index contributed by atoms with van der Waals surface area (Å²) in [5, 5.41) is 11.9. The number of carbonyl (C=O) groups is 2. The van der Waals surface area contributed by atoms with Crippen molar-refractivity contribution in [2.24, 2.45) is 16.7 Å². The molecule has 6 heteroatoms. The topological polar surface area (TPSA) is 66.4 Å². The number of aromatic carboxylic acids is 1. The van der Waals surface area contributed by atoms with Gasteiger partial charge in [-0.15, -0.1) is 0 Å². The number of amides is 1. The van der Waals surface area contributed by atoms with Gasteiger partial charge in [-0.3, -0.25) is 4.79 Å². The number of rotatable bonds is 3. The van der Waals surface area contributed by atoms with Crippen LogP contribution in [0.1, 0.15) is 38.1 Å². The monoisotopic (exact) mass is 329 g/mol. The number of benzene rings is 1. The third-order valence-corrected chi connectivity index (χ3v) is 5.42. The second kappa shape index (κ2) is 4.89. The van der Waals surface area contributed by atoms with Gasteiger partial charge in [-0.2, -0.15) is 0 Å². The summed E-state index contributed by atoms with van der Waals surface area (Å²) in [6.45, 7) is 8.14. The lowest BCUT2D eigenvalue weighted by Gasteiger charge is -2.11. The molecule has 2 N–H and O–H groups in total. The molecule has 0 heterocycles. The lowest BCUT2D eigenvalue weighted by Crippen LogP contribution is -2.18. The highest BCUT2D eigenvalue weighted by Crippen LogP contribution is 2.68. The Balaban J connectivity index is 2.26. The zero-order valence-corrected chi connectivity index (χ0v) is 13.8. The molecule has 1 aliphatic rings. The summed E-state index contributed by atoms with van der Waals surface area (Å²) in [7, 11) is 0. The Hall–Kier alpha value is -1.26. The molecule has 1 aromatic rings. The molecule has 0 atom stereocenters. The molecule has 0 aliphatic heterocycles. The maximum Gasteiger partial charge on any atom is 0.335 e. The largest absolute Gasteiger partial charge is 0.478 e. The van der Waals surface area contributed by atoms with Crippen molar-refractivity contribution < 1.29 is 14.7 Å². The number of hydrogen-bond donors (Lipinski definition) is 2. The molecule has 21 heavy (non-hydrogen) atoms. The minimum absolute atomic E-state index is 0.0184. The van der Waals surface area contributed by atoms with Gasteiger partial charge in [0.25, 0.3) is 0 Å². The summed E-state index contributed by atoms with van der Waals surface area (Å²) in [5.41, 5.74) is 0.0376. The summed E-state index contributed by atoms with van der Waals surface area (Å²) in [4.78, 5) is 23.3. The number of carboxylic acid groups (broad SMARTS) is 1. The number of hydrogen-bond acceptors (Lipinski definition) is 2. The molecule has 4 nitrogen and oxygen atoms in total. The van der Waals surface area contributed by atoms with Gasteiger partial charge in [-0.05, 0) is 23.0 Å². The molecule has 0 bridgehead atoms. The Labute approximate surface area is 133 Å². The summed E-state index contributed by atoms with van der Waals surface area (Å²) < 4.78 is 0. The highest BCUT2D eigenvalue weighted by Gasteiger charge is 2.68. The Morgan fingerprint density at radius 2 is 1.52 bits per heavy atom. The Kier molecular flexibility index (Phi) is 3.75. The van der Waals surface area contributed by atoms with Gasteiger partial charge >= 0.3 is 5.97 Å². The first-order valence-electron chi connectivity index (χ1n) is 6.53. The van der Waals surface area contributed by atoms with Gasteiger partial charge in [0.1, 0.15) is 0 Å². The highest BCUT2D eigenvalue weighted by atomic mass is 35.5. The molecule has 2 rings (SSSR count). The SMILES string of the molecule is CC1(C)C(C(=O)Nc2c(Cl)cc(C(=O)O)cc2Cl)C1(C)C. The molecular weight excluding hydrogens is 313 g/mol. The van der Waals surface area contributed by atoms with Gasteiger partial charge in [0.15, 0.2) is 0 Å². The normalized spacial score (nSPS) is 19.1. The smallest absolute Gasteiger partial charge is 0.335 e. The van der Waals surface area contributed by atoms with E-state index >= 15 is 0 Å². The third kappa shape index (κ3) is 2.51. The Morgan fingerprint density at radius 3 is 1.86 bits per heavy atom. The van der Waals surface area contributed by atoms with E-state index in [4.69, 9.17) is 28.3 Å². The van der Waals surface area contributed by atoms with Crippen molar-refractivity contribution in [2.75, 3.05) is 5.32 Å². The average molecular weight is 330 g/mol. The lowest BCUT2D eigenvalue weighted by atomic mass is 10.0. The van der Waals surface area contributed by atoms with E-state index < -0.39 is 5.97 Å². The van der Waals surface area contributed by atoms with Gasteiger partial charge in [0, 0.05) is 5.92 Å². The Morgan fingerprint density at radius 1 is 1.10 bits per heavy atom. The molecule has 0 spiro atoms. The fourth-order valence-corrected chi connectivity index (χ4v) is 3.44. The average Bonchev–Trinajstić information content (AvgIpc) is 2.73. The van der Waals surface area contributed by atoms with Crippen molar-refractivity contribution in [2.45, 2.75) is 27.7 Å². The van der Waals surface area contributed by atoms with Crippen molar-refractivity contribution in [3.8, 4) is 0 Å². The van der Waals surface area contributed by atoms with Gasteiger partial charge < -0.3 is 10.4 Å². The molecule has 1 amide bonds. The van der Waals surface area contributed by atoms with Crippen molar-refractivity contribution in [3.63, 3.8) is 0 Å².